The number of methoxy groups -OCH3 is 5. The molecule has 1 unspecified atom stereocenters. The number of fused-ring (bicyclic) bond motifs is 2. The van der Waals surface area contributed by atoms with Crippen molar-refractivity contribution in [2.75, 3.05) is 35.5 Å². The zero-order valence-corrected chi connectivity index (χ0v) is 17.3. The molecule has 150 valence electrons. The lowest BCUT2D eigenvalue weighted by atomic mass is 9.91. The van der Waals surface area contributed by atoms with Crippen LogP contribution in [0.4, 0.5) is 0 Å². The van der Waals surface area contributed by atoms with E-state index >= 15 is 0 Å². The first-order chi connectivity index (χ1) is 13.5. The first kappa shape index (κ1) is 19.9. The van der Waals surface area contributed by atoms with Crippen LogP contribution < -0.4 is 23.7 Å². The molecule has 1 N–H and O–H groups in total. The number of benzene rings is 3. The van der Waals surface area contributed by atoms with Crippen LogP contribution in [0, 0.1) is 6.92 Å². The number of hydrogen-bond acceptors (Lipinski definition) is 6. The smallest absolute Gasteiger partial charge is 0.142 e. The fourth-order valence-corrected chi connectivity index (χ4v) is 4.05. The van der Waals surface area contributed by atoms with E-state index < -0.39 is 6.10 Å². The summed E-state index contributed by atoms with van der Waals surface area (Å²) in [6, 6.07) is 5.71. The molecular weight excluding hydrogens is 360 g/mol. The molecule has 0 aliphatic heterocycles. The summed E-state index contributed by atoms with van der Waals surface area (Å²) < 4.78 is 28.8. The number of hydrogen-bond donors (Lipinski definition) is 1. The number of aliphatic hydroxyl groups excluding tert-OH is 1. The Kier molecular flexibility index (Phi) is 5.42. The summed E-state index contributed by atoms with van der Waals surface area (Å²) in [6.07, 6.45) is -0.766. The molecular formula is C22H26O6. The van der Waals surface area contributed by atoms with Gasteiger partial charge in [0.05, 0.1) is 57.8 Å². The van der Waals surface area contributed by atoms with Crippen molar-refractivity contribution in [2.45, 2.75) is 20.0 Å². The molecule has 0 radical (unpaired) electrons. The summed E-state index contributed by atoms with van der Waals surface area (Å²) in [5, 5.41) is 13.4. The summed E-state index contributed by atoms with van der Waals surface area (Å²) in [5.74, 6) is 2.97. The Hall–Kier alpha value is -2.86. The highest BCUT2D eigenvalue weighted by Gasteiger charge is 2.29. The Morgan fingerprint density at radius 2 is 1.29 bits per heavy atom. The van der Waals surface area contributed by atoms with E-state index in [9.17, 15) is 5.11 Å². The van der Waals surface area contributed by atoms with Gasteiger partial charge in [-0.2, -0.15) is 0 Å². The van der Waals surface area contributed by atoms with Crippen LogP contribution in [0.25, 0.3) is 21.5 Å². The maximum Gasteiger partial charge on any atom is 0.142 e. The van der Waals surface area contributed by atoms with E-state index in [1.165, 1.54) is 0 Å². The molecule has 3 aromatic rings. The molecule has 0 amide bonds. The largest absolute Gasteiger partial charge is 0.496 e. The minimum Gasteiger partial charge on any atom is -0.496 e. The zero-order chi connectivity index (χ0) is 20.6. The molecule has 3 rings (SSSR count). The molecule has 28 heavy (non-hydrogen) atoms. The molecule has 0 fully saturated rings. The van der Waals surface area contributed by atoms with Crippen LogP contribution in [-0.4, -0.2) is 40.7 Å². The van der Waals surface area contributed by atoms with Gasteiger partial charge >= 0.3 is 0 Å². The minimum atomic E-state index is -0.766. The van der Waals surface area contributed by atoms with Gasteiger partial charge in [-0.1, -0.05) is 12.1 Å². The van der Waals surface area contributed by atoms with Crippen LogP contribution in [0.3, 0.4) is 0 Å². The molecule has 1 atom stereocenters. The highest BCUT2D eigenvalue weighted by molar-refractivity contribution is 6.17. The topological polar surface area (TPSA) is 66.4 Å². The highest BCUT2D eigenvalue weighted by atomic mass is 16.5. The van der Waals surface area contributed by atoms with Gasteiger partial charge in [0.2, 0.25) is 0 Å². The van der Waals surface area contributed by atoms with Gasteiger partial charge in [-0.15, -0.1) is 0 Å². The normalized spacial score (nSPS) is 12.1. The monoisotopic (exact) mass is 386 g/mol. The Morgan fingerprint density at radius 1 is 0.714 bits per heavy atom. The SMILES string of the molecule is COc1cccc2c(OC)c3c(OC)c(C)c(C(C)O)c(OC)c3c(OC)c12. The summed E-state index contributed by atoms with van der Waals surface area (Å²) in [4.78, 5) is 0. The Morgan fingerprint density at radius 3 is 1.79 bits per heavy atom. The van der Waals surface area contributed by atoms with Crippen molar-refractivity contribution in [3.8, 4) is 28.7 Å². The molecule has 3 aromatic carbocycles. The fraction of sp³-hybridized carbons (Fsp3) is 0.364. The van der Waals surface area contributed by atoms with Crippen molar-refractivity contribution in [1.29, 1.82) is 0 Å². The van der Waals surface area contributed by atoms with E-state index in [0.29, 0.717) is 39.7 Å². The molecule has 0 bridgehead atoms. The van der Waals surface area contributed by atoms with Crippen LogP contribution in [0.5, 0.6) is 28.7 Å². The van der Waals surface area contributed by atoms with Crippen LogP contribution in [0.15, 0.2) is 18.2 Å². The third kappa shape index (κ3) is 2.67. The molecule has 0 saturated carbocycles. The zero-order valence-electron chi connectivity index (χ0n) is 17.3. The second kappa shape index (κ2) is 7.64. The van der Waals surface area contributed by atoms with Gasteiger partial charge in [-0.25, -0.2) is 0 Å². The van der Waals surface area contributed by atoms with E-state index in [2.05, 4.69) is 0 Å². The van der Waals surface area contributed by atoms with Crippen LogP contribution in [0.1, 0.15) is 24.2 Å². The maximum atomic E-state index is 10.5. The first-order valence-electron chi connectivity index (χ1n) is 8.93. The average Bonchev–Trinajstić information content (AvgIpc) is 2.70. The molecule has 0 aliphatic carbocycles. The second-order valence-corrected chi connectivity index (χ2v) is 6.48. The standard InChI is InChI=1S/C22H26O6/c1-11-15(12(2)23)21(27-6)18-17(19(11)25-4)20(26-5)13-9-8-10-14(24-3)16(13)22(18)28-7/h8-10,12,23H,1-7H3. The van der Waals surface area contributed by atoms with E-state index in [1.807, 2.05) is 25.1 Å². The van der Waals surface area contributed by atoms with Crippen LogP contribution in [0.2, 0.25) is 0 Å². The van der Waals surface area contributed by atoms with Crippen molar-refractivity contribution in [3.05, 3.63) is 29.3 Å². The van der Waals surface area contributed by atoms with Crippen molar-refractivity contribution in [1.82, 2.24) is 0 Å². The van der Waals surface area contributed by atoms with Crippen LogP contribution in [-0.2, 0) is 0 Å². The van der Waals surface area contributed by atoms with E-state index in [0.717, 1.165) is 21.7 Å². The summed E-state index contributed by atoms with van der Waals surface area (Å²) >= 11 is 0. The lowest BCUT2D eigenvalue weighted by Crippen LogP contribution is -2.06. The third-order valence-corrected chi connectivity index (χ3v) is 5.10. The van der Waals surface area contributed by atoms with Gasteiger partial charge < -0.3 is 28.8 Å². The Balaban J connectivity index is 2.78. The number of ether oxygens (including phenoxy) is 5. The molecule has 0 spiro atoms. The van der Waals surface area contributed by atoms with Gasteiger partial charge in [-0.3, -0.25) is 0 Å². The van der Waals surface area contributed by atoms with E-state index in [1.54, 1.807) is 42.5 Å². The van der Waals surface area contributed by atoms with Gasteiger partial charge in [-0.05, 0) is 19.9 Å². The molecule has 0 saturated heterocycles. The molecule has 6 nitrogen and oxygen atoms in total. The fourth-order valence-electron chi connectivity index (χ4n) is 4.05. The predicted octanol–water partition coefficient (Wildman–Crippen LogP) is 4.40. The average molecular weight is 386 g/mol. The number of rotatable bonds is 6. The lowest BCUT2D eigenvalue weighted by molar-refractivity contribution is 0.193. The summed E-state index contributed by atoms with van der Waals surface area (Å²) in [7, 11) is 8.00. The quantitative estimate of drug-likeness (QED) is 0.634. The Bertz CT molecular complexity index is 1040. The van der Waals surface area contributed by atoms with Crippen molar-refractivity contribution in [3.63, 3.8) is 0 Å². The van der Waals surface area contributed by atoms with Gasteiger partial charge in [0.1, 0.15) is 28.7 Å². The summed E-state index contributed by atoms with van der Waals surface area (Å²) in [6.45, 7) is 3.59. The second-order valence-electron chi connectivity index (χ2n) is 6.48. The molecule has 0 aromatic heterocycles. The van der Waals surface area contributed by atoms with Crippen molar-refractivity contribution in [2.24, 2.45) is 0 Å². The summed E-state index contributed by atoms with van der Waals surface area (Å²) in [5.41, 5.74) is 1.42. The molecule has 0 aliphatic rings. The highest BCUT2D eigenvalue weighted by Crippen LogP contribution is 2.55. The Labute approximate surface area is 164 Å². The third-order valence-electron chi connectivity index (χ3n) is 5.10. The molecule has 0 heterocycles. The molecule has 6 heteroatoms. The minimum absolute atomic E-state index is 0.520. The van der Waals surface area contributed by atoms with Gasteiger partial charge in [0, 0.05) is 16.5 Å². The maximum absolute atomic E-state index is 10.5. The van der Waals surface area contributed by atoms with Crippen LogP contribution >= 0.6 is 0 Å². The van der Waals surface area contributed by atoms with Gasteiger partial charge in [0.15, 0.2) is 0 Å². The van der Waals surface area contributed by atoms with Crippen molar-refractivity contribution >= 4 is 21.5 Å². The lowest BCUT2D eigenvalue weighted by Gasteiger charge is -2.24. The first-order valence-corrected chi connectivity index (χ1v) is 8.93. The van der Waals surface area contributed by atoms with Gasteiger partial charge in [0.25, 0.3) is 0 Å². The van der Waals surface area contributed by atoms with Crippen molar-refractivity contribution < 1.29 is 28.8 Å². The number of aliphatic hydroxyl groups is 1. The predicted molar refractivity (Wildman–Crippen MR) is 110 cm³/mol. The van der Waals surface area contributed by atoms with E-state index in [-0.39, 0.29) is 0 Å². The van der Waals surface area contributed by atoms with E-state index in [4.69, 9.17) is 23.7 Å².